The van der Waals surface area contributed by atoms with E-state index in [1.54, 1.807) is 6.92 Å². The SMILES string of the molecule is CC(=O)N1CC[C@@]2(C(=O)N3CCCC3)CCN(C(=O)C(C)C)CC[C@@H]12. The summed E-state index contributed by atoms with van der Waals surface area (Å²) in [5, 5.41) is 0. The number of fused-ring (bicyclic) bond motifs is 1. The highest BCUT2D eigenvalue weighted by atomic mass is 16.2. The van der Waals surface area contributed by atoms with Gasteiger partial charge in [0.05, 0.1) is 5.41 Å². The number of hydrogen-bond acceptors (Lipinski definition) is 3. The Morgan fingerprint density at radius 2 is 1.56 bits per heavy atom. The normalized spacial score (nSPS) is 29.8. The van der Waals surface area contributed by atoms with Crippen molar-refractivity contribution in [2.45, 2.75) is 58.9 Å². The van der Waals surface area contributed by atoms with Crippen LogP contribution in [0.4, 0.5) is 0 Å². The van der Waals surface area contributed by atoms with Gasteiger partial charge in [-0.15, -0.1) is 0 Å². The molecule has 3 fully saturated rings. The highest BCUT2D eigenvalue weighted by molar-refractivity contribution is 5.86. The maximum absolute atomic E-state index is 13.4. The molecule has 6 nitrogen and oxygen atoms in total. The third kappa shape index (κ3) is 3.15. The summed E-state index contributed by atoms with van der Waals surface area (Å²) in [5.41, 5.74) is -0.498. The Bertz CT molecular complexity index is 556. The van der Waals surface area contributed by atoms with Crippen LogP contribution in [-0.2, 0) is 14.4 Å². The second-order valence-electron chi connectivity index (χ2n) is 8.15. The van der Waals surface area contributed by atoms with Gasteiger partial charge in [0, 0.05) is 51.6 Å². The molecule has 3 aliphatic heterocycles. The maximum Gasteiger partial charge on any atom is 0.231 e. The third-order valence-electron chi connectivity index (χ3n) is 6.34. The van der Waals surface area contributed by atoms with Crippen molar-refractivity contribution in [2.24, 2.45) is 11.3 Å². The lowest BCUT2D eigenvalue weighted by Crippen LogP contribution is -2.51. The number of carbonyl (C=O) groups is 3. The van der Waals surface area contributed by atoms with Gasteiger partial charge in [0.15, 0.2) is 0 Å². The van der Waals surface area contributed by atoms with Crippen molar-refractivity contribution in [1.82, 2.24) is 14.7 Å². The number of hydrogen-bond donors (Lipinski definition) is 0. The third-order valence-corrected chi connectivity index (χ3v) is 6.34. The first kappa shape index (κ1) is 18.2. The molecule has 6 heteroatoms. The molecule has 3 saturated heterocycles. The molecular formula is C19H31N3O3. The quantitative estimate of drug-likeness (QED) is 0.759. The van der Waals surface area contributed by atoms with Gasteiger partial charge in [0.25, 0.3) is 0 Å². The van der Waals surface area contributed by atoms with Crippen molar-refractivity contribution in [3.8, 4) is 0 Å². The molecule has 0 spiro atoms. The molecule has 25 heavy (non-hydrogen) atoms. The highest BCUT2D eigenvalue weighted by Gasteiger charge is 2.55. The Morgan fingerprint density at radius 1 is 0.920 bits per heavy atom. The fourth-order valence-electron chi connectivity index (χ4n) is 4.94. The average molecular weight is 349 g/mol. The Balaban J connectivity index is 1.87. The van der Waals surface area contributed by atoms with Crippen LogP contribution in [0.2, 0.25) is 0 Å². The fraction of sp³-hybridized carbons (Fsp3) is 0.842. The van der Waals surface area contributed by atoms with Gasteiger partial charge in [-0.05, 0) is 32.1 Å². The Hall–Kier alpha value is -1.59. The molecular weight excluding hydrogens is 318 g/mol. The Kier molecular flexibility index (Phi) is 5.07. The molecule has 0 saturated carbocycles. The van der Waals surface area contributed by atoms with Gasteiger partial charge in [0.2, 0.25) is 17.7 Å². The predicted octanol–water partition coefficient (Wildman–Crippen LogP) is 1.49. The lowest BCUT2D eigenvalue weighted by atomic mass is 9.75. The molecule has 0 radical (unpaired) electrons. The minimum absolute atomic E-state index is 0.0351. The largest absolute Gasteiger partial charge is 0.342 e. The molecule has 140 valence electrons. The first-order chi connectivity index (χ1) is 11.9. The zero-order valence-electron chi connectivity index (χ0n) is 15.8. The molecule has 0 aromatic heterocycles. The van der Waals surface area contributed by atoms with Crippen LogP contribution in [0.25, 0.3) is 0 Å². The van der Waals surface area contributed by atoms with E-state index in [1.807, 2.05) is 28.5 Å². The van der Waals surface area contributed by atoms with Crippen LogP contribution in [0.3, 0.4) is 0 Å². The van der Waals surface area contributed by atoms with Crippen LogP contribution in [0.1, 0.15) is 52.9 Å². The lowest BCUT2D eigenvalue weighted by Gasteiger charge is -2.37. The summed E-state index contributed by atoms with van der Waals surface area (Å²) in [6.07, 6.45) is 4.25. The van der Waals surface area contributed by atoms with Gasteiger partial charge in [-0.1, -0.05) is 13.8 Å². The highest BCUT2D eigenvalue weighted by Crippen LogP contribution is 2.45. The number of carbonyl (C=O) groups excluding carboxylic acids is 3. The molecule has 3 heterocycles. The van der Waals surface area contributed by atoms with E-state index in [2.05, 4.69) is 0 Å². The molecule has 0 aromatic rings. The molecule has 0 unspecified atom stereocenters. The van der Waals surface area contributed by atoms with Gasteiger partial charge in [-0.25, -0.2) is 0 Å². The molecule has 0 N–H and O–H groups in total. The van der Waals surface area contributed by atoms with E-state index >= 15 is 0 Å². The molecule has 0 aliphatic carbocycles. The first-order valence-corrected chi connectivity index (χ1v) is 9.72. The van der Waals surface area contributed by atoms with Crippen LogP contribution in [0.15, 0.2) is 0 Å². The maximum atomic E-state index is 13.4. The van der Waals surface area contributed by atoms with Crippen molar-refractivity contribution >= 4 is 17.7 Å². The second kappa shape index (κ2) is 6.96. The number of likely N-dealkylation sites (tertiary alicyclic amines) is 3. The number of nitrogens with zero attached hydrogens (tertiary/aromatic N) is 3. The van der Waals surface area contributed by atoms with Crippen LogP contribution >= 0.6 is 0 Å². The minimum atomic E-state index is -0.498. The Labute approximate surface area is 150 Å². The van der Waals surface area contributed by atoms with E-state index in [1.165, 1.54) is 0 Å². The lowest BCUT2D eigenvalue weighted by molar-refractivity contribution is -0.144. The van der Waals surface area contributed by atoms with E-state index in [0.29, 0.717) is 32.5 Å². The van der Waals surface area contributed by atoms with Crippen LogP contribution < -0.4 is 0 Å². The average Bonchev–Trinajstić information content (AvgIpc) is 3.19. The number of amides is 3. The van der Waals surface area contributed by atoms with Crippen molar-refractivity contribution in [3.05, 3.63) is 0 Å². The number of rotatable bonds is 2. The van der Waals surface area contributed by atoms with Crippen molar-refractivity contribution in [2.75, 3.05) is 32.7 Å². The van der Waals surface area contributed by atoms with Crippen molar-refractivity contribution in [1.29, 1.82) is 0 Å². The predicted molar refractivity (Wildman–Crippen MR) is 94.7 cm³/mol. The molecule has 2 atom stereocenters. The summed E-state index contributed by atoms with van der Waals surface area (Å²) in [6.45, 7) is 9.03. The Morgan fingerprint density at radius 3 is 2.16 bits per heavy atom. The second-order valence-corrected chi connectivity index (χ2v) is 8.15. The summed E-state index contributed by atoms with van der Waals surface area (Å²) in [6, 6.07) is -0.0666. The van der Waals surface area contributed by atoms with E-state index in [4.69, 9.17) is 0 Å². The summed E-state index contributed by atoms with van der Waals surface area (Å²) >= 11 is 0. The first-order valence-electron chi connectivity index (χ1n) is 9.72. The molecule has 3 amide bonds. The monoisotopic (exact) mass is 349 g/mol. The van der Waals surface area contributed by atoms with Crippen LogP contribution in [-0.4, -0.2) is 71.2 Å². The van der Waals surface area contributed by atoms with E-state index in [0.717, 1.165) is 32.4 Å². The zero-order chi connectivity index (χ0) is 18.2. The van der Waals surface area contributed by atoms with Crippen LogP contribution in [0.5, 0.6) is 0 Å². The summed E-state index contributed by atoms with van der Waals surface area (Å²) in [5.74, 6) is 0.382. The molecule has 0 aromatic carbocycles. The van der Waals surface area contributed by atoms with Gasteiger partial charge >= 0.3 is 0 Å². The topological polar surface area (TPSA) is 60.9 Å². The molecule has 0 bridgehead atoms. The summed E-state index contributed by atoms with van der Waals surface area (Å²) < 4.78 is 0. The van der Waals surface area contributed by atoms with Gasteiger partial charge in [-0.2, -0.15) is 0 Å². The summed E-state index contributed by atoms with van der Waals surface area (Å²) in [7, 11) is 0. The summed E-state index contributed by atoms with van der Waals surface area (Å²) in [4.78, 5) is 43.8. The van der Waals surface area contributed by atoms with E-state index < -0.39 is 5.41 Å². The van der Waals surface area contributed by atoms with Crippen molar-refractivity contribution < 1.29 is 14.4 Å². The smallest absolute Gasteiger partial charge is 0.231 e. The van der Waals surface area contributed by atoms with Gasteiger partial charge in [-0.3, -0.25) is 14.4 Å². The minimum Gasteiger partial charge on any atom is -0.342 e. The van der Waals surface area contributed by atoms with E-state index in [-0.39, 0.29) is 29.7 Å². The fourth-order valence-corrected chi connectivity index (χ4v) is 4.94. The molecule has 3 rings (SSSR count). The van der Waals surface area contributed by atoms with Crippen LogP contribution in [0, 0.1) is 11.3 Å². The molecule has 3 aliphatic rings. The van der Waals surface area contributed by atoms with Gasteiger partial charge < -0.3 is 14.7 Å². The van der Waals surface area contributed by atoms with E-state index in [9.17, 15) is 14.4 Å². The van der Waals surface area contributed by atoms with Crippen molar-refractivity contribution in [3.63, 3.8) is 0 Å². The standard InChI is InChI=1S/C19H31N3O3/c1-14(2)17(24)20-11-6-16-19(7-12-20,8-13-22(16)15(3)23)18(25)21-9-4-5-10-21/h14,16H,4-13H2,1-3H3/t16-,19+/m1/s1. The van der Waals surface area contributed by atoms with Gasteiger partial charge in [0.1, 0.15) is 0 Å². The zero-order valence-corrected chi connectivity index (χ0v) is 15.8.